The average molecular weight is 480 g/mol. The summed E-state index contributed by atoms with van der Waals surface area (Å²) in [6.45, 7) is 8.30. The van der Waals surface area contributed by atoms with E-state index < -0.39 is 18.0 Å². The topological polar surface area (TPSA) is 66.8 Å². The minimum absolute atomic E-state index is 0.114. The first-order chi connectivity index (χ1) is 16.1. The molecule has 34 heavy (non-hydrogen) atoms. The minimum Gasteiger partial charge on any atom is -0.463 e. The van der Waals surface area contributed by atoms with Gasteiger partial charge in [-0.05, 0) is 41.5 Å². The molecule has 6 heteroatoms. The number of rotatable bonds is 7. The lowest BCUT2D eigenvalue weighted by Crippen LogP contribution is -2.37. The van der Waals surface area contributed by atoms with Crippen molar-refractivity contribution in [1.82, 2.24) is 0 Å². The number of nitrogens with zero attached hydrogens (tertiary/aromatic N) is 1. The van der Waals surface area contributed by atoms with Crippen LogP contribution in [0.15, 0.2) is 78.4 Å². The number of aliphatic hydroxyl groups is 1. The zero-order valence-corrected chi connectivity index (χ0v) is 20.7. The number of fused-ring (bicyclic) bond motifs is 1. The summed E-state index contributed by atoms with van der Waals surface area (Å²) in [6, 6.07) is 19.9. The first-order valence-electron chi connectivity index (χ1n) is 11.2. The van der Waals surface area contributed by atoms with E-state index in [9.17, 15) is 14.7 Å². The second kappa shape index (κ2) is 10.9. The van der Waals surface area contributed by atoms with Crippen molar-refractivity contribution in [2.24, 2.45) is 5.41 Å². The monoisotopic (exact) mass is 479 g/mol. The quantitative estimate of drug-likeness (QED) is 0.328. The van der Waals surface area contributed by atoms with Crippen LogP contribution >= 0.6 is 11.6 Å². The van der Waals surface area contributed by atoms with Crippen LogP contribution in [-0.4, -0.2) is 30.1 Å². The van der Waals surface area contributed by atoms with Gasteiger partial charge < -0.3 is 14.7 Å². The lowest BCUT2D eigenvalue weighted by atomic mass is 9.94. The number of benzene rings is 3. The molecule has 1 unspecified atom stereocenters. The number of hydrogen-bond acceptors (Lipinski definition) is 4. The molecule has 0 radical (unpaired) electrons. The Morgan fingerprint density at radius 1 is 1.00 bits per heavy atom. The maximum atomic E-state index is 13.5. The smallest absolute Gasteiger partial charge is 0.337 e. The summed E-state index contributed by atoms with van der Waals surface area (Å²) in [6.07, 6.45) is -0.192. The molecule has 0 aliphatic rings. The van der Waals surface area contributed by atoms with Crippen LogP contribution in [-0.2, 0) is 14.3 Å². The summed E-state index contributed by atoms with van der Waals surface area (Å²) in [7, 11) is 0. The Morgan fingerprint density at radius 3 is 2.24 bits per heavy atom. The Labute approximate surface area is 205 Å². The van der Waals surface area contributed by atoms with E-state index in [0.717, 1.165) is 5.39 Å². The highest BCUT2D eigenvalue weighted by molar-refractivity contribution is 6.35. The molecule has 0 saturated heterocycles. The van der Waals surface area contributed by atoms with Crippen LogP contribution in [0.5, 0.6) is 0 Å². The average Bonchev–Trinajstić information content (AvgIpc) is 2.81. The fourth-order valence-corrected chi connectivity index (χ4v) is 3.97. The van der Waals surface area contributed by atoms with Crippen molar-refractivity contribution in [2.45, 2.75) is 33.8 Å². The van der Waals surface area contributed by atoms with Crippen LogP contribution in [0.4, 0.5) is 5.69 Å². The molecule has 0 heterocycles. The van der Waals surface area contributed by atoms with Crippen molar-refractivity contribution in [3.05, 3.63) is 89.0 Å². The van der Waals surface area contributed by atoms with E-state index in [1.165, 1.54) is 6.08 Å². The van der Waals surface area contributed by atoms with Crippen molar-refractivity contribution in [1.29, 1.82) is 0 Å². The number of esters is 1. The van der Waals surface area contributed by atoms with Crippen molar-refractivity contribution in [3.63, 3.8) is 0 Å². The lowest BCUT2D eigenvalue weighted by molar-refractivity contribution is -0.140. The van der Waals surface area contributed by atoms with Gasteiger partial charge in [-0.15, -0.1) is 0 Å². The molecule has 1 atom stereocenters. The number of amides is 1. The molecule has 0 aliphatic carbocycles. The zero-order chi connectivity index (χ0) is 24.9. The van der Waals surface area contributed by atoms with Gasteiger partial charge in [-0.3, -0.25) is 4.79 Å². The number of halogens is 1. The second-order valence-electron chi connectivity index (χ2n) is 9.23. The largest absolute Gasteiger partial charge is 0.463 e. The molecule has 0 fully saturated rings. The minimum atomic E-state index is -1.38. The van der Waals surface area contributed by atoms with Gasteiger partial charge in [-0.1, -0.05) is 80.9 Å². The molecule has 0 aromatic heterocycles. The Morgan fingerprint density at radius 2 is 1.62 bits per heavy atom. The Balaban J connectivity index is 2.09. The standard InChI is InChI=1S/C28H30ClNO4/c1-5-34-27(33)23(26(32)22-15-16-24(29)21-14-10-9-13-20(21)22)17-25(31)30(18-28(2,3)4)19-11-7-6-8-12-19/h6-17,26,32H,5,18H2,1-4H3. The van der Waals surface area contributed by atoms with Crippen LogP contribution in [0, 0.1) is 5.41 Å². The predicted molar refractivity (Wildman–Crippen MR) is 137 cm³/mol. The third-order valence-corrected chi connectivity index (χ3v) is 5.58. The van der Waals surface area contributed by atoms with E-state index in [4.69, 9.17) is 16.3 Å². The first kappa shape index (κ1) is 25.5. The maximum absolute atomic E-state index is 13.5. The summed E-state index contributed by atoms with van der Waals surface area (Å²) in [5, 5.41) is 13.3. The highest BCUT2D eigenvalue weighted by Crippen LogP contribution is 2.33. The second-order valence-corrected chi connectivity index (χ2v) is 9.63. The van der Waals surface area contributed by atoms with Crippen LogP contribution in [0.2, 0.25) is 5.02 Å². The van der Waals surface area contributed by atoms with E-state index in [-0.39, 0.29) is 17.6 Å². The molecule has 0 bridgehead atoms. The molecule has 0 spiro atoms. The zero-order valence-electron chi connectivity index (χ0n) is 19.9. The van der Waals surface area contributed by atoms with Gasteiger partial charge in [0.1, 0.15) is 6.10 Å². The van der Waals surface area contributed by atoms with E-state index >= 15 is 0 Å². The van der Waals surface area contributed by atoms with Crippen LogP contribution in [0.3, 0.4) is 0 Å². The third kappa shape index (κ3) is 6.04. The third-order valence-electron chi connectivity index (χ3n) is 5.25. The molecule has 5 nitrogen and oxygen atoms in total. The highest BCUT2D eigenvalue weighted by Gasteiger charge is 2.28. The Bertz CT molecular complexity index is 1200. The summed E-state index contributed by atoms with van der Waals surface area (Å²) in [4.78, 5) is 28.0. The molecule has 1 amide bonds. The number of aliphatic hydroxyl groups excluding tert-OH is 1. The maximum Gasteiger partial charge on any atom is 0.337 e. The van der Waals surface area contributed by atoms with Crippen molar-refractivity contribution < 1.29 is 19.4 Å². The number of carbonyl (C=O) groups is 2. The van der Waals surface area contributed by atoms with E-state index in [1.807, 2.05) is 75.4 Å². The van der Waals surface area contributed by atoms with Gasteiger partial charge in [0.2, 0.25) is 0 Å². The van der Waals surface area contributed by atoms with Gasteiger partial charge in [-0.2, -0.15) is 0 Å². The molecule has 0 aliphatic heterocycles. The molecule has 3 rings (SSSR count). The number of anilines is 1. The summed E-state index contributed by atoms with van der Waals surface area (Å²) in [5.41, 5.74) is 0.839. The Kier molecular flexibility index (Phi) is 8.13. The first-order valence-corrected chi connectivity index (χ1v) is 11.6. The van der Waals surface area contributed by atoms with Crippen LogP contribution in [0.1, 0.15) is 39.4 Å². The van der Waals surface area contributed by atoms with Crippen molar-refractivity contribution in [3.8, 4) is 0 Å². The van der Waals surface area contributed by atoms with Gasteiger partial charge in [0.15, 0.2) is 0 Å². The van der Waals surface area contributed by atoms with E-state index in [2.05, 4.69) is 0 Å². The molecule has 3 aromatic carbocycles. The van der Waals surface area contributed by atoms with Crippen LogP contribution < -0.4 is 4.90 Å². The Hall–Kier alpha value is -3.15. The van der Waals surface area contributed by atoms with Crippen molar-refractivity contribution in [2.75, 3.05) is 18.1 Å². The van der Waals surface area contributed by atoms with Gasteiger partial charge >= 0.3 is 5.97 Å². The van der Waals surface area contributed by atoms with E-state index in [0.29, 0.717) is 28.2 Å². The number of carbonyl (C=O) groups excluding carboxylic acids is 2. The summed E-state index contributed by atoms with van der Waals surface area (Å²) >= 11 is 6.33. The fraction of sp³-hybridized carbons (Fsp3) is 0.286. The lowest BCUT2D eigenvalue weighted by Gasteiger charge is -2.29. The summed E-state index contributed by atoms with van der Waals surface area (Å²) in [5.74, 6) is -1.16. The summed E-state index contributed by atoms with van der Waals surface area (Å²) < 4.78 is 5.21. The van der Waals surface area contributed by atoms with Crippen LogP contribution in [0.25, 0.3) is 10.8 Å². The van der Waals surface area contributed by atoms with Crippen molar-refractivity contribution >= 4 is 39.9 Å². The SMILES string of the molecule is CCOC(=O)C(=CC(=O)N(CC(C)(C)C)c1ccccc1)C(O)c1ccc(Cl)c2ccccc12. The molecule has 1 N–H and O–H groups in total. The molecular weight excluding hydrogens is 450 g/mol. The molecular formula is C28H30ClNO4. The number of ether oxygens (including phenoxy) is 1. The molecule has 3 aromatic rings. The molecule has 178 valence electrons. The number of para-hydroxylation sites is 1. The van der Waals surface area contributed by atoms with Gasteiger partial charge in [0.05, 0.1) is 12.2 Å². The van der Waals surface area contributed by atoms with Gasteiger partial charge in [-0.25, -0.2) is 4.79 Å². The van der Waals surface area contributed by atoms with Gasteiger partial charge in [0.25, 0.3) is 5.91 Å². The molecule has 0 saturated carbocycles. The predicted octanol–water partition coefficient (Wildman–Crippen LogP) is 6.10. The number of hydrogen-bond donors (Lipinski definition) is 1. The highest BCUT2D eigenvalue weighted by atomic mass is 35.5. The normalized spacial score (nSPS) is 12.9. The van der Waals surface area contributed by atoms with E-state index in [1.54, 1.807) is 24.0 Å². The van der Waals surface area contributed by atoms with Gasteiger partial charge in [0, 0.05) is 28.7 Å². The fourth-order valence-electron chi connectivity index (χ4n) is 3.75.